The second-order valence-corrected chi connectivity index (χ2v) is 8.73. The van der Waals surface area contributed by atoms with Gasteiger partial charge < -0.3 is 20.5 Å². The first-order valence-electron chi connectivity index (χ1n) is 12.2. The third-order valence-corrected chi connectivity index (χ3v) is 6.10. The lowest BCUT2D eigenvalue weighted by Gasteiger charge is -2.11. The second-order valence-electron chi connectivity index (χ2n) is 8.73. The maximum atomic E-state index is 5.55. The molecule has 0 bridgehead atoms. The summed E-state index contributed by atoms with van der Waals surface area (Å²) < 4.78 is 0. The van der Waals surface area contributed by atoms with E-state index in [2.05, 4.69) is 74.9 Å². The molecule has 0 spiro atoms. The van der Waals surface area contributed by atoms with Crippen molar-refractivity contribution in [2.75, 3.05) is 17.2 Å². The van der Waals surface area contributed by atoms with Crippen LogP contribution in [0.3, 0.4) is 0 Å². The van der Waals surface area contributed by atoms with E-state index in [1.807, 2.05) is 61.5 Å². The molecule has 5 rings (SSSR count). The molecular formula is C31H29N5O. The van der Waals surface area contributed by atoms with Gasteiger partial charge in [0.25, 0.3) is 0 Å². The average Bonchev–Trinajstić information content (AvgIpc) is 3.36. The molecule has 0 aliphatic carbocycles. The third kappa shape index (κ3) is 6.05. The van der Waals surface area contributed by atoms with E-state index in [0.29, 0.717) is 11.5 Å². The number of hydrogen-bond acceptors (Lipinski definition) is 5. The second kappa shape index (κ2) is 11.3. The van der Waals surface area contributed by atoms with Gasteiger partial charge >= 0.3 is 0 Å². The predicted octanol–water partition coefficient (Wildman–Crippen LogP) is 7.37. The van der Waals surface area contributed by atoms with Crippen molar-refractivity contribution in [3.05, 3.63) is 127 Å². The number of rotatable bonds is 10. The number of para-hydroxylation sites is 1. The van der Waals surface area contributed by atoms with E-state index in [-0.39, 0.29) is 0 Å². The highest BCUT2D eigenvalue weighted by Crippen LogP contribution is 2.22. The monoisotopic (exact) mass is 487 g/mol. The SMILES string of the molecule is C=C(O/N=C(\C)c1ccccc1)c1cc(Nc2ccc(NCCc3c[nH]c4ccccc34)cc2)ccn1. The van der Waals surface area contributed by atoms with Crippen LogP contribution in [0.15, 0.2) is 115 Å². The molecular weight excluding hydrogens is 458 g/mol. The summed E-state index contributed by atoms with van der Waals surface area (Å²) in [5.41, 5.74) is 7.82. The molecule has 2 aromatic heterocycles. The molecule has 184 valence electrons. The van der Waals surface area contributed by atoms with Crippen molar-refractivity contribution in [2.24, 2.45) is 5.16 Å². The Kier molecular flexibility index (Phi) is 7.27. The molecule has 0 saturated heterocycles. The summed E-state index contributed by atoms with van der Waals surface area (Å²) in [5.74, 6) is 0.383. The number of hydrogen-bond donors (Lipinski definition) is 3. The zero-order chi connectivity index (χ0) is 25.5. The Morgan fingerprint density at radius 2 is 1.68 bits per heavy atom. The maximum Gasteiger partial charge on any atom is 0.176 e. The Bertz CT molecular complexity index is 1520. The van der Waals surface area contributed by atoms with Gasteiger partial charge in [0.05, 0.1) is 5.71 Å². The molecule has 5 aromatic rings. The molecule has 0 aliphatic rings. The lowest BCUT2D eigenvalue weighted by Crippen LogP contribution is -2.04. The quantitative estimate of drug-likeness (QED) is 0.109. The molecule has 6 heteroatoms. The zero-order valence-corrected chi connectivity index (χ0v) is 20.7. The Balaban J connectivity index is 1.15. The van der Waals surface area contributed by atoms with Crippen LogP contribution in [0, 0.1) is 0 Å². The van der Waals surface area contributed by atoms with E-state index in [4.69, 9.17) is 4.84 Å². The zero-order valence-electron chi connectivity index (χ0n) is 20.7. The first-order chi connectivity index (χ1) is 18.2. The predicted molar refractivity (Wildman–Crippen MR) is 153 cm³/mol. The largest absolute Gasteiger partial charge is 0.385 e. The highest BCUT2D eigenvalue weighted by atomic mass is 16.6. The van der Waals surface area contributed by atoms with Crippen LogP contribution in [0.1, 0.15) is 23.7 Å². The van der Waals surface area contributed by atoms with Crippen molar-refractivity contribution in [2.45, 2.75) is 13.3 Å². The molecule has 0 saturated carbocycles. The minimum absolute atomic E-state index is 0.383. The van der Waals surface area contributed by atoms with E-state index in [0.717, 1.165) is 41.3 Å². The van der Waals surface area contributed by atoms with Crippen molar-refractivity contribution < 1.29 is 4.84 Å². The Morgan fingerprint density at radius 1 is 0.919 bits per heavy atom. The smallest absolute Gasteiger partial charge is 0.176 e. The van der Waals surface area contributed by atoms with Gasteiger partial charge in [-0.1, -0.05) is 60.3 Å². The van der Waals surface area contributed by atoms with E-state index >= 15 is 0 Å². The minimum Gasteiger partial charge on any atom is -0.385 e. The van der Waals surface area contributed by atoms with Crippen molar-refractivity contribution in [3.63, 3.8) is 0 Å². The Hall–Kier alpha value is -4.84. The average molecular weight is 488 g/mol. The van der Waals surface area contributed by atoms with Gasteiger partial charge in [-0.2, -0.15) is 0 Å². The molecule has 37 heavy (non-hydrogen) atoms. The summed E-state index contributed by atoms with van der Waals surface area (Å²) in [7, 11) is 0. The number of pyridine rings is 1. The van der Waals surface area contributed by atoms with Gasteiger partial charge in [-0.3, -0.25) is 4.98 Å². The van der Waals surface area contributed by atoms with Crippen molar-refractivity contribution in [3.8, 4) is 0 Å². The normalized spacial score (nSPS) is 11.3. The maximum absolute atomic E-state index is 5.55. The molecule has 3 N–H and O–H groups in total. The lowest BCUT2D eigenvalue weighted by atomic mass is 10.1. The van der Waals surface area contributed by atoms with Crippen molar-refractivity contribution in [1.29, 1.82) is 0 Å². The highest BCUT2D eigenvalue weighted by Gasteiger charge is 2.06. The van der Waals surface area contributed by atoms with Crippen LogP contribution in [0.2, 0.25) is 0 Å². The van der Waals surface area contributed by atoms with E-state index in [1.54, 1.807) is 6.20 Å². The summed E-state index contributed by atoms with van der Waals surface area (Å²) >= 11 is 0. The number of aromatic amines is 1. The van der Waals surface area contributed by atoms with Gasteiger partial charge in [0.15, 0.2) is 5.76 Å². The van der Waals surface area contributed by atoms with E-state index in [1.165, 1.54) is 16.5 Å². The van der Waals surface area contributed by atoms with E-state index in [9.17, 15) is 0 Å². The molecule has 0 amide bonds. The van der Waals surface area contributed by atoms with Gasteiger partial charge in [-0.05, 0) is 66.9 Å². The number of nitrogens with one attached hydrogen (secondary N) is 3. The lowest BCUT2D eigenvalue weighted by molar-refractivity contribution is 0.297. The van der Waals surface area contributed by atoms with Gasteiger partial charge in [-0.15, -0.1) is 0 Å². The minimum atomic E-state index is 0.383. The van der Waals surface area contributed by atoms with Gasteiger partial charge in [0, 0.05) is 46.9 Å². The molecule has 0 aliphatic heterocycles. The molecule has 2 heterocycles. The summed E-state index contributed by atoms with van der Waals surface area (Å²) in [5, 5.41) is 12.4. The van der Waals surface area contributed by atoms with Crippen molar-refractivity contribution in [1.82, 2.24) is 9.97 Å². The topological polar surface area (TPSA) is 74.3 Å². The van der Waals surface area contributed by atoms with E-state index < -0.39 is 0 Å². The van der Waals surface area contributed by atoms with Gasteiger partial charge in [0.1, 0.15) is 5.69 Å². The fourth-order valence-corrected chi connectivity index (χ4v) is 4.08. The van der Waals surface area contributed by atoms with Gasteiger partial charge in [0.2, 0.25) is 0 Å². The Morgan fingerprint density at radius 3 is 2.51 bits per heavy atom. The molecule has 0 fully saturated rings. The third-order valence-electron chi connectivity index (χ3n) is 6.10. The van der Waals surface area contributed by atoms with Crippen LogP contribution >= 0.6 is 0 Å². The van der Waals surface area contributed by atoms with Crippen molar-refractivity contribution >= 4 is 39.4 Å². The number of aromatic nitrogens is 2. The van der Waals surface area contributed by atoms with Crippen LogP contribution in [-0.2, 0) is 11.3 Å². The van der Waals surface area contributed by atoms with Crippen LogP contribution < -0.4 is 10.6 Å². The first kappa shape index (κ1) is 23.9. The molecule has 0 radical (unpaired) electrons. The summed E-state index contributed by atoms with van der Waals surface area (Å²) in [6.45, 7) is 6.74. The molecule has 6 nitrogen and oxygen atoms in total. The number of fused-ring (bicyclic) bond motifs is 1. The summed E-state index contributed by atoms with van der Waals surface area (Å²) in [6.07, 6.45) is 4.77. The number of oxime groups is 1. The van der Waals surface area contributed by atoms with Gasteiger partial charge in [-0.25, -0.2) is 0 Å². The molecule has 0 unspecified atom stereocenters. The number of benzene rings is 3. The number of anilines is 3. The summed E-state index contributed by atoms with van der Waals surface area (Å²) in [6, 6.07) is 30.3. The highest BCUT2D eigenvalue weighted by molar-refractivity contribution is 5.98. The van der Waals surface area contributed by atoms with Crippen LogP contribution in [-0.4, -0.2) is 22.2 Å². The molecule has 3 aromatic carbocycles. The van der Waals surface area contributed by atoms with Crippen LogP contribution in [0.5, 0.6) is 0 Å². The number of H-pyrrole nitrogens is 1. The van der Waals surface area contributed by atoms with Crippen LogP contribution in [0.25, 0.3) is 16.7 Å². The molecule has 0 atom stereocenters. The fourth-order valence-electron chi connectivity index (χ4n) is 4.08. The number of nitrogens with zero attached hydrogens (tertiary/aromatic N) is 2. The summed E-state index contributed by atoms with van der Waals surface area (Å²) in [4.78, 5) is 13.3. The fraction of sp³-hybridized carbons (Fsp3) is 0.0968. The Labute approximate surface area is 216 Å². The standard InChI is InChI=1S/C31H29N5O/c1-22(24-8-4-3-5-9-24)36-37-23(2)31-20-28(17-19-33-31)35-27-14-12-26(13-15-27)32-18-16-25-21-34-30-11-7-6-10-29(25)30/h3-15,17,19-21,32,34H,2,16,18H2,1H3,(H,33,35)/b36-22+. The van der Waals surface area contributed by atoms with Crippen LogP contribution in [0.4, 0.5) is 17.1 Å². The first-order valence-corrected chi connectivity index (χ1v) is 12.2.